The van der Waals surface area contributed by atoms with Crippen molar-refractivity contribution >= 4 is 5.97 Å². The third-order valence-electron chi connectivity index (χ3n) is 1.61. The SMILES string of the molecule is CC(O)C(C)[C@@H](N)C(=O)O. The van der Waals surface area contributed by atoms with Crippen LogP contribution in [0, 0.1) is 5.92 Å². The average molecular weight is 147 g/mol. The average Bonchev–Trinajstić information content (AvgIpc) is 1.84. The minimum atomic E-state index is -1.08. The summed E-state index contributed by atoms with van der Waals surface area (Å²) in [5.74, 6) is -1.48. The Labute approximate surface area is 59.7 Å². The zero-order chi connectivity index (χ0) is 8.31. The molecule has 0 rings (SSSR count). The third-order valence-corrected chi connectivity index (χ3v) is 1.61. The number of rotatable bonds is 3. The Bertz CT molecular complexity index is 124. The van der Waals surface area contributed by atoms with Gasteiger partial charge in [-0.1, -0.05) is 6.92 Å². The van der Waals surface area contributed by atoms with Gasteiger partial charge < -0.3 is 15.9 Å². The molecule has 3 atom stereocenters. The number of carboxylic acids is 1. The minimum absolute atomic E-state index is 0.405. The molecular formula is C6H13NO3. The highest BCUT2D eigenvalue weighted by Gasteiger charge is 2.23. The molecule has 0 aromatic rings. The molecule has 0 saturated heterocycles. The Hall–Kier alpha value is -0.610. The third kappa shape index (κ3) is 2.33. The molecule has 10 heavy (non-hydrogen) atoms. The van der Waals surface area contributed by atoms with Crippen LogP contribution in [0.4, 0.5) is 0 Å². The molecule has 0 aliphatic rings. The number of nitrogens with two attached hydrogens (primary N) is 1. The number of hydrogen-bond acceptors (Lipinski definition) is 3. The van der Waals surface area contributed by atoms with Gasteiger partial charge in [0.25, 0.3) is 0 Å². The van der Waals surface area contributed by atoms with Crippen molar-refractivity contribution in [2.75, 3.05) is 0 Å². The van der Waals surface area contributed by atoms with Crippen molar-refractivity contribution in [1.29, 1.82) is 0 Å². The van der Waals surface area contributed by atoms with Gasteiger partial charge in [0, 0.05) is 5.92 Å². The smallest absolute Gasteiger partial charge is 0.320 e. The summed E-state index contributed by atoms with van der Waals surface area (Å²) in [5.41, 5.74) is 5.20. The number of hydrogen-bond donors (Lipinski definition) is 3. The first-order chi connectivity index (χ1) is 4.46. The van der Waals surface area contributed by atoms with Crippen LogP contribution in [0.5, 0.6) is 0 Å². The maximum Gasteiger partial charge on any atom is 0.320 e. The van der Waals surface area contributed by atoms with E-state index < -0.39 is 24.0 Å². The molecule has 0 fully saturated rings. The maximum atomic E-state index is 10.2. The zero-order valence-electron chi connectivity index (χ0n) is 6.11. The maximum absolute atomic E-state index is 10.2. The molecule has 0 aromatic carbocycles. The molecule has 4 N–H and O–H groups in total. The van der Waals surface area contributed by atoms with Crippen molar-refractivity contribution in [3.8, 4) is 0 Å². The number of aliphatic hydroxyl groups excluding tert-OH is 1. The summed E-state index contributed by atoms with van der Waals surface area (Å²) in [6.45, 7) is 3.12. The first-order valence-electron chi connectivity index (χ1n) is 3.13. The largest absolute Gasteiger partial charge is 0.480 e. The molecule has 0 aliphatic heterocycles. The summed E-state index contributed by atoms with van der Waals surface area (Å²) in [4.78, 5) is 10.2. The van der Waals surface area contributed by atoms with Gasteiger partial charge in [-0.2, -0.15) is 0 Å². The predicted molar refractivity (Wildman–Crippen MR) is 36.5 cm³/mol. The number of aliphatic hydroxyl groups is 1. The number of carboxylic acid groups (broad SMARTS) is 1. The number of carbonyl (C=O) groups is 1. The van der Waals surface area contributed by atoms with E-state index in [1.807, 2.05) is 0 Å². The molecule has 0 saturated carbocycles. The van der Waals surface area contributed by atoms with E-state index in [1.54, 1.807) is 6.92 Å². The van der Waals surface area contributed by atoms with Gasteiger partial charge >= 0.3 is 5.97 Å². The van der Waals surface area contributed by atoms with Crippen LogP contribution in [0.1, 0.15) is 13.8 Å². The van der Waals surface area contributed by atoms with Crippen LogP contribution in [-0.4, -0.2) is 28.3 Å². The lowest BCUT2D eigenvalue weighted by atomic mass is 9.98. The van der Waals surface area contributed by atoms with Crippen molar-refractivity contribution in [2.45, 2.75) is 26.0 Å². The highest BCUT2D eigenvalue weighted by Crippen LogP contribution is 2.05. The molecule has 0 aliphatic carbocycles. The van der Waals surface area contributed by atoms with E-state index in [9.17, 15) is 4.79 Å². The van der Waals surface area contributed by atoms with E-state index >= 15 is 0 Å². The van der Waals surface area contributed by atoms with Gasteiger partial charge in [-0.15, -0.1) is 0 Å². The Morgan fingerprint density at radius 2 is 1.90 bits per heavy atom. The molecule has 60 valence electrons. The minimum Gasteiger partial charge on any atom is -0.480 e. The second kappa shape index (κ2) is 3.53. The first kappa shape index (κ1) is 9.39. The van der Waals surface area contributed by atoms with E-state index in [1.165, 1.54) is 6.92 Å². The van der Waals surface area contributed by atoms with Crippen molar-refractivity contribution in [3.05, 3.63) is 0 Å². The lowest BCUT2D eigenvalue weighted by Gasteiger charge is -2.17. The first-order valence-corrected chi connectivity index (χ1v) is 3.13. The van der Waals surface area contributed by atoms with E-state index in [0.29, 0.717) is 0 Å². The lowest BCUT2D eigenvalue weighted by molar-refractivity contribution is -0.140. The summed E-state index contributed by atoms with van der Waals surface area (Å²) < 4.78 is 0. The highest BCUT2D eigenvalue weighted by atomic mass is 16.4. The van der Waals surface area contributed by atoms with E-state index in [0.717, 1.165) is 0 Å². The molecule has 0 heterocycles. The van der Waals surface area contributed by atoms with Gasteiger partial charge in [0.15, 0.2) is 0 Å². The fourth-order valence-corrected chi connectivity index (χ4v) is 0.525. The molecule has 4 heteroatoms. The van der Waals surface area contributed by atoms with Crippen LogP contribution in [0.3, 0.4) is 0 Å². The van der Waals surface area contributed by atoms with Crippen molar-refractivity contribution in [1.82, 2.24) is 0 Å². The van der Waals surface area contributed by atoms with Crippen molar-refractivity contribution in [2.24, 2.45) is 11.7 Å². The molecule has 0 spiro atoms. The van der Waals surface area contributed by atoms with Crippen molar-refractivity contribution in [3.63, 3.8) is 0 Å². The Balaban J connectivity index is 3.94. The topological polar surface area (TPSA) is 83.5 Å². The normalized spacial score (nSPS) is 19.6. The summed E-state index contributed by atoms with van der Waals surface area (Å²) in [5, 5.41) is 17.3. The molecule has 0 aromatic heterocycles. The molecule has 0 radical (unpaired) electrons. The van der Waals surface area contributed by atoms with Gasteiger partial charge in [0.2, 0.25) is 0 Å². The van der Waals surface area contributed by atoms with Crippen LogP contribution in [0.25, 0.3) is 0 Å². The number of aliphatic carboxylic acids is 1. The summed E-state index contributed by atoms with van der Waals surface area (Å²) in [6.07, 6.45) is -0.675. The Morgan fingerprint density at radius 1 is 1.50 bits per heavy atom. The fourth-order valence-electron chi connectivity index (χ4n) is 0.525. The fraction of sp³-hybridized carbons (Fsp3) is 0.833. The van der Waals surface area contributed by atoms with Gasteiger partial charge in [-0.05, 0) is 6.92 Å². The summed E-state index contributed by atoms with van der Waals surface area (Å²) >= 11 is 0. The Kier molecular flexibility index (Phi) is 3.32. The predicted octanol–water partition coefficient (Wildman–Crippen LogP) is -0.585. The standard InChI is InChI=1S/C6H13NO3/c1-3(4(2)8)5(7)6(9)10/h3-5,8H,7H2,1-2H3,(H,9,10)/t3?,4?,5-/m1/s1. The summed E-state index contributed by atoms with van der Waals surface area (Å²) in [6, 6.07) is -0.972. The molecule has 4 nitrogen and oxygen atoms in total. The van der Waals surface area contributed by atoms with Crippen LogP contribution >= 0.6 is 0 Å². The quantitative estimate of drug-likeness (QED) is 0.498. The van der Waals surface area contributed by atoms with Gasteiger partial charge in [0.1, 0.15) is 6.04 Å². The summed E-state index contributed by atoms with van der Waals surface area (Å²) in [7, 11) is 0. The van der Waals surface area contributed by atoms with E-state index in [4.69, 9.17) is 15.9 Å². The van der Waals surface area contributed by atoms with Gasteiger partial charge in [-0.25, -0.2) is 0 Å². The second-order valence-corrected chi connectivity index (χ2v) is 2.46. The Morgan fingerprint density at radius 3 is 2.00 bits per heavy atom. The zero-order valence-corrected chi connectivity index (χ0v) is 6.11. The van der Waals surface area contributed by atoms with Crippen LogP contribution in [0.2, 0.25) is 0 Å². The van der Waals surface area contributed by atoms with Crippen LogP contribution in [0.15, 0.2) is 0 Å². The van der Waals surface area contributed by atoms with Crippen molar-refractivity contribution < 1.29 is 15.0 Å². The van der Waals surface area contributed by atoms with E-state index in [2.05, 4.69) is 0 Å². The van der Waals surface area contributed by atoms with Crippen LogP contribution < -0.4 is 5.73 Å². The second-order valence-electron chi connectivity index (χ2n) is 2.46. The van der Waals surface area contributed by atoms with Gasteiger partial charge in [-0.3, -0.25) is 4.79 Å². The molecular weight excluding hydrogens is 134 g/mol. The molecule has 0 bridgehead atoms. The van der Waals surface area contributed by atoms with Gasteiger partial charge in [0.05, 0.1) is 6.10 Å². The lowest BCUT2D eigenvalue weighted by Crippen LogP contribution is -2.41. The van der Waals surface area contributed by atoms with E-state index in [-0.39, 0.29) is 0 Å². The monoisotopic (exact) mass is 147 g/mol. The molecule has 0 amide bonds. The highest BCUT2D eigenvalue weighted by molar-refractivity contribution is 5.73. The molecule has 2 unspecified atom stereocenters. The van der Waals surface area contributed by atoms with Crippen LogP contribution in [-0.2, 0) is 4.79 Å².